The van der Waals surface area contributed by atoms with Crippen LogP contribution in [0.15, 0.2) is 12.7 Å². The van der Waals surface area contributed by atoms with Gasteiger partial charge in [0.2, 0.25) is 0 Å². The molecule has 0 bridgehead atoms. The molecule has 0 aromatic carbocycles. The third kappa shape index (κ3) is 4.17. The quantitative estimate of drug-likeness (QED) is 0.507. The van der Waals surface area contributed by atoms with Crippen molar-refractivity contribution < 1.29 is 14.7 Å². The molecule has 0 aliphatic heterocycles. The molecule has 0 heterocycles. The van der Waals surface area contributed by atoms with Gasteiger partial charge in [-0.2, -0.15) is 5.06 Å². The van der Waals surface area contributed by atoms with E-state index in [1.807, 2.05) is 0 Å². The Bertz CT molecular complexity index is 117. The first-order valence-corrected chi connectivity index (χ1v) is 2.37. The van der Waals surface area contributed by atoms with Crippen molar-refractivity contribution in [2.75, 3.05) is 13.7 Å². The highest BCUT2D eigenvalue weighted by Crippen LogP contribution is 1.87. The van der Waals surface area contributed by atoms with Crippen LogP contribution in [0, 0.1) is 0 Å². The first kappa shape index (κ1) is 12.0. The summed E-state index contributed by atoms with van der Waals surface area (Å²) in [7, 11) is 1.29. The second-order valence-corrected chi connectivity index (χ2v) is 1.31. The Balaban J connectivity index is 0. The van der Waals surface area contributed by atoms with Gasteiger partial charge in [-0.1, -0.05) is 6.08 Å². The maximum Gasteiger partial charge on any atom is 0.431 e. The highest BCUT2D eigenvalue weighted by atomic mass is 35.5. The molecule has 0 aliphatic rings. The van der Waals surface area contributed by atoms with Gasteiger partial charge in [0.15, 0.2) is 0 Å². The van der Waals surface area contributed by atoms with Crippen LogP contribution in [0.5, 0.6) is 0 Å². The number of carboxylic acid groups (broad SMARTS) is 1. The molecule has 0 aromatic heterocycles. The molecule has 1 amide bonds. The summed E-state index contributed by atoms with van der Waals surface area (Å²) in [4.78, 5) is 14.5. The second-order valence-electron chi connectivity index (χ2n) is 1.31. The number of nitrogens with zero attached hydrogens (tertiary/aromatic N) is 1. The van der Waals surface area contributed by atoms with E-state index in [1.165, 1.54) is 13.2 Å². The van der Waals surface area contributed by atoms with E-state index in [0.717, 1.165) is 5.06 Å². The van der Waals surface area contributed by atoms with Crippen LogP contribution in [-0.2, 0) is 4.84 Å². The molecule has 4 nitrogen and oxygen atoms in total. The summed E-state index contributed by atoms with van der Waals surface area (Å²) in [5.74, 6) is 0. The molecule has 0 atom stereocenters. The number of carbonyl (C=O) groups is 1. The third-order valence-corrected chi connectivity index (χ3v) is 0.729. The Hall–Kier alpha value is -0.740. The standard InChI is InChI=1S/C5H9NO3.ClH/c1-3-4-6(9-2)5(7)8;/h3H,1,4H2,2H3,(H,7,8);1H. The summed E-state index contributed by atoms with van der Waals surface area (Å²) < 4.78 is 0. The lowest BCUT2D eigenvalue weighted by Gasteiger charge is -2.11. The van der Waals surface area contributed by atoms with Crippen molar-refractivity contribution >= 4 is 18.5 Å². The van der Waals surface area contributed by atoms with Gasteiger partial charge in [0.05, 0.1) is 13.7 Å². The number of hydrogen-bond donors (Lipinski definition) is 1. The minimum absolute atomic E-state index is 0. The van der Waals surface area contributed by atoms with Gasteiger partial charge in [0.1, 0.15) is 0 Å². The van der Waals surface area contributed by atoms with Gasteiger partial charge in [-0.05, 0) is 0 Å². The second kappa shape index (κ2) is 6.38. The van der Waals surface area contributed by atoms with E-state index >= 15 is 0 Å². The first-order valence-electron chi connectivity index (χ1n) is 2.37. The lowest BCUT2D eigenvalue weighted by Crippen LogP contribution is -2.27. The fourth-order valence-corrected chi connectivity index (χ4v) is 0.348. The normalized spacial score (nSPS) is 7.70. The van der Waals surface area contributed by atoms with E-state index in [2.05, 4.69) is 11.4 Å². The number of hydrogen-bond acceptors (Lipinski definition) is 2. The van der Waals surface area contributed by atoms with Crippen LogP contribution in [0.4, 0.5) is 4.79 Å². The Morgan fingerprint density at radius 1 is 1.90 bits per heavy atom. The number of amides is 1. The van der Waals surface area contributed by atoms with Crippen LogP contribution in [0.3, 0.4) is 0 Å². The van der Waals surface area contributed by atoms with Gasteiger partial charge in [-0.25, -0.2) is 4.79 Å². The molecule has 0 saturated heterocycles. The molecule has 0 saturated carbocycles. The zero-order chi connectivity index (χ0) is 7.28. The molecule has 60 valence electrons. The van der Waals surface area contributed by atoms with Crippen molar-refractivity contribution in [2.24, 2.45) is 0 Å². The summed E-state index contributed by atoms with van der Waals surface area (Å²) >= 11 is 0. The first-order chi connectivity index (χ1) is 4.22. The van der Waals surface area contributed by atoms with Crippen LogP contribution in [-0.4, -0.2) is 29.9 Å². The van der Waals surface area contributed by atoms with Crippen molar-refractivity contribution in [2.45, 2.75) is 0 Å². The van der Waals surface area contributed by atoms with Crippen LogP contribution < -0.4 is 0 Å². The molecular formula is C5H10ClNO3. The predicted octanol–water partition coefficient (Wildman–Crippen LogP) is 1.14. The summed E-state index contributed by atoms with van der Waals surface area (Å²) in [6.07, 6.45) is 0.329. The fourth-order valence-electron chi connectivity index (χ4n) is 0.348. The Kier molecular flexibility index (Phi) is 7.65. The van der Waals surface area contributed by atoms with Crippen LogP contribution in [0.2, 0.25) is 0 Å². The minimum atomic E-state index is -1.11. The SMILES string of the molecule is C=CCN(OC)C(=O)O.Cl. The van der Waals surface area contributed by atoms with Gasteiger partial charge in [-0.3, -0.25) is 4.84 Å². The van der Waals surface area contributed by atoms with E-state index < -0.39 is 6.09 Å². The number of hydroxylamine groups is 2. The monoisotopic (exact) mass is 167 g/mol. The Labute approximate surface area is 65.4 Å². The average molecular weight is 168 g/mol. The lowest BCUT2D eigenvalue weighted by atomic mass is 10.6. The van der Waals surface area contributed by atoms with Crippen LogP contribution in [0.25, 0.3) is 0 Å². The topological polar surface area (TPSA) is 49.8 Å². The third-order valence-electron chi connectivity index (χ3n) is 0.729. The van der Waals surface area contributed by atoms with Crippen molar-refractivity contribution in [1.29, 1.82) is 0 Å². The lowest BCUT2D eigenvalue weighted by molar-refractivity contribution is -0.0938. The Morgan fingerprint density at radius 3 is 2.50 bits per heavy atom. The Morgan fingerprint density at radius 2 is 2.40 bits per heavy atom. The molecule has 1 N–H and O–H groups in total. The van der Waals surface area contributed by atoms with Crippen LogP contribution >= 0.6 is 12.4 Å². The van der Waals surface area contributed by atoms with E-state index in [-0.39, 0.29) is 19.0 Å². The largest absolute Gasteiger partial charge is 0.463 e. The predicted molar refractivity (Wildman–Crippen MR) is 39.2 cm³/mol. The van der Waals surface area contributed by atoms with Gasteiger partial charge >= 0.3 is 6.09 Å². The maximum atomic E-state index is 10.1. The van der Waals surface area contributed by atoms with E-state index in [4.69, 9.17) is 5.11 Å². The number of halogens is 1. The van der Waals surface area contributed by atoms with Crippen molar-refractivity contribution in [3.8, 4) is 0 Å². The molecular weight excluding hydrogens is 158 g/mol. The minimum Gasteiger partial charge on any atom is -0.463 e. The number of rotatable bonds is 3. The zero-order valence-corrected chi connectivity index (χ0v) is 6.43. The summed E-state index contributed by atoms with van der Waals surface area (Å²) in [6.45, 7) is 3.53. The molecule has 0 aliphatic carbocycles. The van der Waals surface area contributed by atoms with Crippen molar-refractivity contribution in [3.05, 3.63) is 12.7 Å². The van der Waals surface area contributed by atoms with Crippen LogP contribution in [0.1, 0.15) is 0 Å². The highest BCUT2D eigenvalue weighted by Gasteiger charge is 2.06. The molecule has 0 aromatic rings. The molecule has 5 heteroatoms. The highest BCUT2D eigenvalue weighted by molar-refractivity contribution is 5.85. The average Bonchev–Trinajstić information content (AvgIpc) is 1.82. The molecule has 10 heavy (non-hydrogen) atoms. The zero-order valence-electron chi connectivity index (χ0n) is 5.61. The molecule has 0 spiro atoms. The summed E-state index contributed by atoms with van der Waals surface area (Å²) in [5, 5.41) is 9.03. The molecule has 0 unspecified atom stereocenters. The van der Waals surface area contributed by atoms with Gasteiger partial charge in [0, 0.05) is 0 Å². The van der Waals surface area contributed by atoms with E-state index in [9.17, 15) is 4.79 Å². The van der Waals surface area contributed by atoms with Crippen molar-refractivity contribution in [3.63, 3.8) is 0 Å². The van der Waals surface area contributed by atoms with E-state index in [0.29, 0.717) is 0 Å². The van der Waals surface area contributed by atoms with Gasteiger partial charge in [0.25, 0.3) is 0 Å². The summed E-state index contributed by atoms with van der Waals surface area (Å²) in [6, 6.07) is 0. The summed E-state index contributed by atoms with van der Waals surface area (Å²) in [5.41, 5.74) is 0. The molecule has 0 radical (unpaired) electrons. The molecule has 0 fully saturated rings. The molecule has 0 rings (SSSR count). The smallest absolute Gasteiger partial charge is 0.431 e. The van der Waals surface area contributed by atoms with Gasteiger partial charge in [-0.15, -0.1) is 19.0 Å². The van der Waals surface area contributed by atoms with E-state index in [1.54, 1.807) is 0 Å². The maximum absolute atomic E-state index is 10.1. The van der Waals surface area contributed by atoms with Gasteiger partial charge < -0.3 is 5.11 Å². The fraction of sp³-hybridized carbons (Fsp3) is 0.400. The van der Waals surface area contributed by atoms with Crippen molar-refractivity contribution in [1.82, 2.24) is 5.06 Å².